The SMILES string of the molecule is O=C(c1cccc(NS(=O)(=O)c2ccccc2)c1)N1CC[C@H]2CCCC[C@@H]2C1. The second kappa shape index (κ2) is 7.95. The van der Waals surface area contributed by atoms with Crippen LogP contribution >= 0.6 is 0 Å². The Morgan fingerprint density at radius 2 is 1.68 bits per heavy atom. The maximum absolute atomic E-state index is 13.0. The van der Waals surface area contributed by atoms with E-state index in [2.05, 4.69) is 4.72 Å². The molecule has 2 atom stereocenters. The van der Waals surface area contributed by atoms with Crippen molar-refractivity contribution in [1.82, 2.24) is 4.90 Å². The number of carbonyl (C=O) groups is 1. The molecule has 4 rings (SSSR count). The third kappa shape index (κ3) is 4.07. The number of sulfonamides is 1. The maximum Gasteiger partial charge on any atom is 0.261 e. The van der Waals surface area contributed by atoms with Gasteiger partial charge in [-0.05, 0) is 55.0 Å². The summed E-state index contributed by atoms with van der Waals surface area (Å²) < 4.78 is 27.7. The first-order chi connectivity index (χ1) is 13.5. The molecule has 1 saturated heterocycles. The minimum absolute atomic E-state index is 0.00946. The molecule has 0 radical (unpaired) electrons. The fourth-order valence-electron chi connectivity index (χ4n) is 4.50. The van der Waals surface area contributed by atoms with E-state index in [1.807, 2.05) is 4.90 Å². The zero-order valence-corrected chi connectivity index (χ0v) is 16.7. The Kier molecular flexibility index (Phi) is 5.40. The molecule has 2 fully saturated rings. The van der Waals surface area contributed by atoms with Gasteiger partial charge in [0.15, 0.2) is 0 Å². The molecule has 1 aliphatic carbocycles. The van der Waals surface area contributed by atoms with Gasteiger partial charge in [0.05, 0.1) is 4.90 Å². The van der Waals surface area contributed by atoms with E-state index in [4.69, 9.17) is 0 Å². The van der Waals surface area contributed by atoms with Gasteiger partial charge in [0.2, 0.25) is 0 Å². The lowest BCUT2D eigenvalue weighted by Gasteiger charge is -2.41. The number of amides is 1. The summed E-state index contributed by atoms with van der Waals surface area (Å²) in [6.45, 7) is 1.61. The van der Waals surface area contributed by atoms with Crippen molar-refractivity contribution in [3.8, 4) is 0 Å². The van der Waals surface area contributed by atoms with Crippen molar-refractivity contribution in [2.24, 2.45) is 11.8 Å². The van der Waals surface area contributed by atoms with Gasteiger partial charge in [-0.1, -0.05) is 43.5 Å². The monoisotopic (exact) mass is 398 g/mol. The van der Waals surface area contributed by atoms with Crippen LogP contribution < -0.4 is 4.72 Å². The van der Waals surface area contributed by atoms with Crippen molar-refractivity contribution in [2.75, 3.05) is 17.8 Å². The molecule has 28 heavy (non-hydrogen) atoms. The first-order valence-corrected chi connectivity index (χ1v) is 11.5. The van der Waals surface area contributed by atoms with E-state index in [9.17, 15) is 13.2 Å². The molecule has 0 spiro atoms. The lowest BCUT2D eigenvalue weighted by atomic mass is 9.75. The van der Waals surface area contributed by atoms with Crippen molar-refractivity contribution in [3.05, 3.63) is 60.2 Å². The van der Waals surface area contributed by atoms with E-state index >= 15 is 0 Å². The maximum atomic E-state index is 13.0. The Hall–Kier alpha value is -2.34. The number of benzene rings is 2. The second-order valence-electron chi connectivity index (χ2n) is 7.84. The Balaban J connectivity index is 1.48. The topological polar surface area (TPSA) is 66.5 Å². The predicted molar refractivity (Wildman–Crippen MR) is 110 cm³/mol. The summed E-state index contributed by atoms with van der Waals surface area (Å²) in [4.78, 5) is 15.2. The van der Waals surface area contributed by atoms with E-state index < -0.39 is 10.0 Å². The number of carbonyl (C=O) groups excluding carboxylic acids is 1. The first-order valence-electron chi connectivity index (χ1n) is 10.0. The van der Waals surface area contributed by atoms with Gasteiger partial charge in [-0.15, -0.1) is 0 Å². The predicted octanol–water partition coefficient (Wildman–Crippen LogP) is 4.14. The zero-order chi connectivity index (χ0) is 19.6. The average molecular weight is 399 g/mol. The molecule has 0 aromatic heterocycles. The number of hydrogen-bond acceptors (Lipinski definition) is 3. The molecule has 1 N–H and O–H groups in total. The zero-order valence-electron chi connectivity index (χ0n) is 15.9. The molecular formula is C22H26N2O3S. The van der Waals surface area contributed by atoms with Crippen LogP contribution in [0.15, 0.2) is 59.5 Å². The molecular weight excluding hydrogens is 372 g/mol. The summed E-state index contributed by atoms with van der Waals surface area (Å²) in [5.74, 6) is 1.37. The van der Waals surface area contributed by atoms with Crippen molar-refractivity contribution in [2.45, 2.75) is 37.0 Å². The van der Waals surface area contributed by atoms with Gasteiger partial charge in [-0.2, -0.15) is 0 Å². The van der Waals surface area contributed by atoms with Crippen molar-refractivity contribution >= 4 is 21.6 Å². The molecule has 2 aromatic rings. The molecule has 1 saturated carbocycles. The molecule has 1 amide bonds. The Morgan fingerprint density at radius 3 is 2.46 bits per heavy atom. The minimum Gasteiger partial charge on any atom is -0.338 e. The molecule has 2 aromatic carbocycles. The van der Waals surface area contributed by atoms with E-state index in [1.54, 1.807) is 54.6 Å². The van der Waals surface area contributed by atoms with Crippen LogP contribution in [0.5, 0.6) is 0 Å². The number of nitrogens with one attached hydrogen (secondary N) is 1. The van der Waals surface area contributed by atoms with Crippen LogP contribution in [-0.4, -0.2) is 32.3 Å². The van der Waals surface area contributed by atoms with Crippen LogP contribution in [0.3, 0.4) is 0 Å². The minimum atomic E-state index is -3.67. The van der Waals surface area contributed by atoms with E-state index in [-0.39, 0.29) is 10.8 Å². The number of piperidine rings is 1. The van der Waals surface area contributed by atoms with Crippen LogP contribution in [0.2, 0.25) is 0 Å². The Labute approximate surface area is 166 Å². The third-order valence-corrected chi connectivity index (χ3v) is 7.39. The molecule has 1 aliphatic heterocycles. The lowest BCUT2D eigenvalue weighted by molar-refractivity contribution is 0.0521. The van der Waals surface area contributed by atoms with Gasteiger partial charge in [-0.3, -0.25) is 9.52 Å². The van der Waals surface area contributed by atoms with Crippen molar-refractivity contribution in [1.29, 1.82) is 0 Å². The van der Waals surface area contributed by atoms with Crippen LogP contribution in [0, 0.1) is 11.8 Å². The number of fused-ring (bicyclic) bond motifs is 1. The Morgan fingerprint density at radius 1 is 0.929 bits per heavy atom. The van der Waals surface area contributed by atoms with Gasteiger partial charge in [0.25, 0.3) is 15.9 Å². The second-order valence-corrected chi connectivity index (χ2v) is 9.53. The van der Waals surface area contributed by atoms with Crippen LogP contribution in [0.1, 0.15) is 42.5 Å². The number of hydrogen-bond donors (Lipinski definition) is 1. The number of likely N-dealkylation sites (tertiary alicyclic amines) is 1. The summed E-state index contributed by atoms with van der Waals surface area (Å²) in [5.41, 5.74) is 0.935. The van der Waals surface area contributed by atoms with Gasteiger partial charge in [-0.25, -0.2) is 8.42 Å². The fourth-order valence-corrected chi connectivity index (χ4v) is 5.57. The van der Waals surface area contributed by atoms with Gasteiger partial charge >= 0.3 is 0 Å². The fraction of sp³-hybridized carbons (Fsp3) is 0.409. The first kappa shape index (κ1) is 19.0. The summed E-state index contributed by atoms with van der Waals surface area (Å²) in [7, 11) is -3.67. The summed E-state index contributed by atoms with van der Waals surface area (Å²) in [6, 6.07) is 15.0. The molecule has 148 valence electrons. The summed E-state index contributed by atoms with van der Waals surface area (Å²) in [5, 5.41) is 0. The molecule has 0 bridgehead atoms. The highest BCUT2D eigenvalue weighted by Crippen LogP contribution is 2.36. The molecule has 5 nitrogen and oxygen atoms in total. The standard InChI is InChI=1S/C22H26N2O3S/c25-22(24-14-13-17-7-4-5-8-19(17)16-24)18-9-6-10-20(15-18)23-28(26,27)21-11-2-1-3-12-21/h1-3,6,9-12,15,17,19,23H,4-5,7-8,13-14,16H2/t17-,19-/m1/s1. The van der Waals surface area contributed by atoms with Crippen LogP contribution in [0.25, 0.3) is 0 Å². The third-order valence-electron chi connectivity index (χ3n) is 5.99. The summed E-state index contributed by atoms with van der Waals surface area (Å²) >= 11 is 0. The molecule has 2 aliphatic rings. The molecule has 6 heteroatoms. The number of anilines is 1. The average Bonchev–Trinajstić information content (AvgIpc) is 2.73. The quantitative estimate of drug-likeness (QED) is 0.842. The highest BCUT2D eigenvalue weighted by atomic mass is 32.2. The van der Waals surface area contributed by atoms with Gasteiger partial charge < -0.3 is 4.90 Å². The summed E-state index contributed by atoms with van der Waals surface area (Å²) in [6.07, 6.45) is 6.17. The van der Waals surface area contributed by atoms with Crippen LogP contribution in [0.4, 0.5) is 5.69 Å². The largest absolute Gasteiger partial charge is 0.338 e. The van der Waals surface area contributed by atoms with E-state index in [0.29, 0.717) is 17.2 Å². The van der Waals surface area contributed by atoms with Gasteiger partial charge in [0, 0.05) is 24.3 Å². The molecule has 1 heterocycles. The van der Waals surface area contributed by atoms with Crippen molar-refractivity contribution < 1.29 is 13.2 Å². The Bertz CT molecular complexity index is 943. The molecule has 0 unspecified atom stereocenters. The highest BCUT2D eigenvalue weighted by Gasteiger charge is 2.33. The number of nitrogens with zero attached hydrogens (tertiary/aromatic N) is 1. The number of rotatable bonds is 4. The van der Waals surface area contributed by atoms with E-state index in [0.717, 1.165) is 25.4 Å². The van der Waals surface area contributed by atoms with E-state index in [1.165, 1.54) is 25.7 Å². The lowest BCUT2D eigenvalue weighted by Crippen LogP contribution is -2.44. The highest BCUT2D eigenvalue weighted by molar-refractivity contribution is 7.92. The van der Waals surface area contributed by atoms with Gasteiger partial charge in [0.1, 0.15) is 0 Å². The normalized spacial score (nSPS) is 22.4. The van der Waals surface area contributed by atoms with Crippen molar-refractivity contribution in [3.63, 3.8) is 0 Å². The smallest absolute Gasteiger partial charge is 0.261 e. The van der Waals surface area contributed by atoms with Crippen LogP contribution in [-0.2, 0) is 10.0 Å².